The SMILES string of the molecule is CN([C@@H]1CNC[C@H]1O)S(=O)(=O)CCc1ccccn1. The van der Waals surface area contributed by atoms with Crippen molar-refractivity contribution in [3.63, 3.8) is 0 Å². The molecule has 1 aromatic heterocycles. The molecule has 6 nitrogen and oxygen atoms in total. The molecule has 2 rings (SSSR count). The van der Waals surface area contributed by atoms with Crippen molar-refractivity contribution >= 4 is 10.0 Å². The van der Waals surface area contributed by atoms with E-state index in [0.717, 1.165) is 5.69 Å². The van der Waals surface area contributed by atoms with Crippen molar-refractivity contribution in [1.82, 2.24) is 14.6 Å². The van der Waals surface area contributed by atoms with Gasteiger partial charge >= 0.3 is 0 Å². The second-order valence-corrected chi connectivity index (χ2v) is 6.84. The molecule has 2 atom stereocenters. The number of aryl methyl sites for hydroxylation is 1. The lowest BCUT2D eigenvalue weighted by Crippen LogP contribution is -2.45. The first-order chi connectivity index (χ1) is 9.00. The van der Waals surface area contributed by atoms with Crippen LogP contribution in [0, 0.1) is 0 Å². The van der Waals surface area contributed by atoms with Gasteiger partial charge in [0.25, 0.3) is 0 Å². The van der Waals surface area contributed by atoms with E-state index in [1.807, 2.05) is 12.1 Å². The quantitative estimate of drug-likeness (QED) is 0.741. The standard InChI is InChI=1S/C12H19N3O3S/c1-15(11-8-13-9-12(11)16)19(17,18)7-5-10-4-2-3-6-14-10/h2-4,6,11-13,16H,5,7-9H2,1H3/t11-,12-/m1/s1. The first kappa shape index (κ1) is 14.4. The lowest BCUT2D eigenvalue weighted by atomic mass is 10.2. The van der Waals surface area contributed by atoms with Crippen LogP contribution in [0.25, 0.3) is 0 Å². The Labute approximate surface area is 113 Å². The molecule has 1 saturated heterocycles. The van der Waals surface area contributed by atoms with Gasteiger partial charge in [0.1, 0.15) is 0 Å². The minimum atomic E-state index is -3.38. The number of sulfonamides is 1. The number of hydrogen-bond donors (Lipinski definition) is 2. The van der Waals surface area contributed by atoms with Gasteiger partial charge in [-0.1, -0.05) is 6.07 Å². The van der Waals surface area contributed by atoms with E-state index in [4.69, 9.17) is 0 Å². The summed E-state index contributed by atoms with van der Waals surface area (Å²) >= 11 is 0. The second-order valence-electron chi connectivity index (χ2n) is 4.70. The minimum absolute atomic E-state index is 0.00370. The molecule has 1 fully saturated rings. The zero-order valence-electron chi connectivity index (χ0n) is 10.9. The van der Waals surface area contributed by atoms with Gasteiger partial charge in [-0.05, 0) is 12.1 Å². The number of β-amino-alcohol motifs (C(OH)–C–C–N with tert-alkyl or cyclic N) is 1. The molecule has 1 aliphatic rings. The molecule has 0 spiro atoms. The predicted molar refractivity (Wildman–Crippen MR) is 72.2 cm³/mol. The van der Waals surface area contributed by atoms with Crippen molar-refractivity contribution in [1.29, 1.82) is 0 Å². The van der Waals surface area contributed by atoms with E-state index in [1.54, 1.807) is 12.3 Å². The van der Waals surface area contributed by atoms with Crippen LogP contribution in [0.5, 0.6) is 0 Å². The van der Waals surface area contributed by atoms with Gasteiger partial charge in [-0.15, -0.1) is 0 Å². The lowest BCUT2D eigenvalue weighted by Gasteiger charge is -2.25. The van der Waals surface area contributed by atoms with Gasteiger partial charge in [0.15, 0.2) is 0 Å². The predicted octanol–water partition coefficient (Wildman–Crippen LogP) is -0.782. The van der Waals surface area contributed by atoms with E-state index in [0.29, 0.717) is 19.5 Å². The zero-order chi connectivity index (χ0) is 13.9. The van der Waals surface area contributed by atoms with Crippen LogP contribution in [-0.2, 0) is 16.4 Å². The van der Waals surface area contributed by atoms with Crippen LogP contribution in [0.15, 0.2) is 24.4 Å². The van der Waals surface area contributed by atoms with Crippen LogP contribution in [0.4, 0.5) is 0 Å². The number of nitrogens with one attached hydrogen (secondary N) is 1. The molecule has 0 unspecified atom stereocenters. The van der Waals surface area contributed by atoms with Crippen LogP contribution in [-0.4, -0.2) is 60.8 Å². The first-order valence-electron chi connectivity index (χ1n) is 6.25. The van der Waals surface area contributed by atoms with E-state index >= 15 is 0 Å². The third-order valence-electron chi connectivity index (χ3n) is 3.40. The van der Waals surface area contributed by atoms with Gasteiger partial charge in [-0.2, -0.15) is 4.31 Å². The van der Waals surface area contributed by atoms with Crippen molar-refractivity contribution < 1.29 is 13.5 Å². The first-order valence-corrected chi connectivity index (χ1v) is 7.86. The molecule has 0 radical (unpaired) electrons. The maximum atomic E-state index is 12.2. The van der Waals surface area contributed by atoms with Crippen molar-refractivity contribution in [2.75, 3.05) is 25.9 Å². The van der Waals surface area contributed by atoms with Crippen LogP contribution >= 0.6 is 0 Å². The fourth-order valence-corrected chi connectivity index (χ4v) is 3.53. The molecule has 2 N–H and O–H groups in total. The molecule has 0 aliphatic carbocycles. The molecule has 0 amide bonds. The van der Waals surface area contributed by atoms with E-state index in [2.05, 4.69) is 10.3 Å². The number of hydrogen-bond acceptors (Lipinski definition) is 5. The number of rotatable bonds is 5. The molecule has 0 saturated carbocycles. The van der Waals surface area contributed by atoms with Gasteiger partial charge in [0.2, 0.25) is 10.0 Å². The van der Waals surface area contributed by atoms with Gasteiger partial charge < -0.3 is 10.4 Å². The highest BCUT2D eigenvalue weighted by atomic mass is 32.2. The van der Waals surface area contributed by atoms with Crippen molar-refractivity contribution in [3.8, 4) is 0 Å². The average molecular weight is 285 g/mol. The Morgan fingerprint density at radius 2 is 2.26 bits per heavy atom. The summed E-state index contributed by atoms with van der Waals surface area (Å²) in [6.07, 6.45) is 1.38. The molecule has 7 heteroatoms. The van der Waals surface area contributed by atoms with E-state index < -0.39 is 16.1 Å². The van der Waals surface area contributed by atoms with Crippen molar-refractivity contribution in [3.05, 3.63) is 30.1 Å². The smallest absolute Gasteiger partial charge is 0.214 e. The monoisotopic (exact) mass is 285 g/mol. The van der Waals surface area contributed by atoms with E-state index in [-0.39, 0.29) is 11.8 Å². The topological polar surface area (TPSA) is 82.5 Å². The molecular formula is C12H19N3O3S. The van der Waals surface area contributed by atoms with Crippen molar-refractivity contribution in [2.24, 2.45) is 0 Å². The Morgan fingerprint density at radius 1 is 1.47 bits per heavy atom. The van der Waals surface area contributed by atoms with Crippen molar-refractivity contribution in [2.45, 2.75) is 18.6 Å². The molecule has 19 heavy (non-hydrogen) atoms. The number of nitrogens with zero attached hydrogens (tertiary/aromatic N) is 2. The van der Waals surface area contributed by atoms with E-state index in [1.165, 1.54) is 11.4 Å². The van der Waals surface area contributed by atoms with Crippen LogP contribution in [0.1, 0.15) is 5.69 Å². The zero-order valence-corrected chi connectivity index (χ0v) is 11.7. The number of aromatic nitrogens is 1. The van der Waals surface area contributed by atoms with E-state index in [9.17, 15) is 13.5 Å². The minimum Gasteiger partial charge on any atom is -0.390 e. The lowest BCUT2D eigenvalue weighted by molar-refractivity contribution is 0.136. The molecule has 0 aromatic carbocycles. The molecule has 2 heterocycles. The molecule has 106 valence electrons. The van der Waals surface area contributed by atoms with Gasteiger partial charge in [-0.3, -0.25) is 4.98 Å². The van der Waals surface area contributed by atoms with Crippen LogP contribution in [0.2, 0.25) is 0 Å². The van der Waals surface area contributed by atoms with Gasteiger partial charge in [-0.25, -0.2) is 8.42 Å². The summed E-state index contributed by atoms with van der Waals surface area (Å²) in [7, 11) is -1.86. The van der Waals surface area contributed by atoms with Gasteiger partial charge in [0, 0.05) is 38.4 Å². The third-order valence-corrected chi connectivity index (χ3v) is 5.27. The third kappa shape index (κ3) is 3.50. The largest absolute Gasteiger partial charge is 0.390 e. The Balaban J connectivity index is 1.98. The summed E-state index contributed by atoms with van der Waals surface area (Å²) in [4.78, 5) is 4.11. The van der Waals surface area contributed by atoms with Crippen LogP contribution < -0.4 is 5.32 Å². The highest BCUT2D eigenvalue weighted by molar-refractivity contribution is 7.89. The number of aliphatic hydroxyl groups excluding tert-OH is 1. The summed E-state index contributed by atoms with van der Waals surface area (Å²) in [5, 5.41) is 12.7. The number of pyridine rings is 1. The average Bonchev–Trinajstić information content (AvgIpc) is 2.83. The second kappa shape index (κ2) is 5.96. The normalized spacial score (nSPS) is 23.9. The Hall–Kier alpha value is -1.02. The highest BCUT2D eigenvalue weighted by Gasteiger charge is 2.34. The van der Waals surface area contributed by atoms with Gasteiger partial charge in [0.05, 0.1) is 17.9 Å². The molecular weight excluding hydrogens is 266 g/mol. The van der Waals surface area contributed by atoms with Crippen LogP contribution in [0.3, 0.4) is 0 Å². The fraction of sp³-hybridized carbons (Fsp3) is 0.583. The summed E-state index contributed by atoms with van der Waals surface area (Å²) in [6, 6.07) is 5.06. The highest BCUT2D eigenvalue weighted by Crippen LogP contribution is 2.13. The molecule has 1 aromatic rings. The Morgan fingerprint density at radius 3 is 2.84 bits per heavy atom. The maximum Gasteiger partial charge on any atom is 0.214 e. The molecule has 0 bridgehead atoms. The summed E-state index contributed by atoms with van der Waals surface area (Å²) in [5.41, 5.74) is 0.754. The summed E-state index contributed by atoms with van der Waals surface area (Å²) in [6.45, 7) is 0.922. The summed E-state index contributed by atoms with van der Waals surface area (Å²) < 4.78 is 25.7. The molecule has 1 aliphatic heterocycles. The Bertz CT molecular complexity index is 506. The maximum absolute atomic E-state index is 12.2. The summed E-state index contributed by atoms with van der Waals surface area (Å²) in [5.74, 6) is 0.00370. The Kier molecular flexibility index (Phi) is 4.51. The number of likely N-dealkylation sites (N-methyl/N-ethyl adjacent to an activating group) is 1. The number of aliphatic hydroxyl groups is 1. The fourth-order valence-electron chi connectivity index (χ4n) is 2.15.